The van der Waals surface area contributed by atoms with Crippen molar-refractivity contribution in [3.05, 3.63) is 76.4 Å². The van der Waals surface area contributed by atoms with Crippen LogP contribution in [0.4, 0.5) is 34.6 Å². The number of hydrazine groups is 1. The third kappa shape index (κ3) is 7.79. The summed E-state index contributed by atoms with van der Waals surface area (Å²) in [6, 6.07) is 6.53. The third-order valence-corrected chi connectivity index (χ3v) is 7.14. The van der Waals surface area contributed by atoms with Crippen LogP contribution in [0.15, 0.2) is 59.0 Å². The fourth-order valence-electron chi connectivity index (χ4n) is 4.13. The molecule has 0 spiro atoms. The van der Waals surface area contributed by atoms with Crippen LogP contribution in [0.5, 0.6) is 0 Å². The van der Waals surface area contributed by atoms with Gasteiger partial charge >= 0.3 is 6.18 Å². The largest absolute Gasteiger partial charge is 0.419 e. The zero-order valence-electron chi connectivity index (χ0n) is 24.6. The van der Waals surface area contributed by atoms with E-state index in [1.165, 1.54) is 23.2 Å². The Labute approximate surface area is 243 Å². The second kappa shape index (κ2) is 13.3. The molecule has 1 amide bonds. The van der Waals surface area contributed by atoms with E-state index in [4.69, 9.17) is 11.6 Å². The van der Waals surface area contributed by atoms with Gasteiger partial charge in [0.25, 0.3) is 5.91 Å². The molecule has 0 saturated heterocycles. The van der Waals surface area contributed by atoms with E-state index in [2.05, 4.69) is 10.4 Å². The summed E-state index contributed by atoms with van der Waals surface area (Å²) in [5.41, 5.74) is 6.64. The van der Waals surface area contributed by atoms with E-state index < -0.39 is 23.5 Å². The van der Waals surface area contributed by atoms with Gasteiger partial charge < -0.3 is 20.9 Å². The number of hydrogen-bond donors (Lipinski definition) is 3. The molecule has 0 aromatic heterocycles. The van der Waals surface area contributed by atoms with Crippen molar-refractivity contribution in [3.63, 3.8) is 0 Å². The topological polar surface area (TPSA) is 106 Å². The Morgan fingerprint density at radius 3 is 2.48 bits per heavy atom. The van der Waals surface area contributed by atoms with Crippen LogP contribution >= 0.6 is 0 Å². The Bertz CT molecular complexity index is 1390. The van der Waals surface area contributed by atoms with Crippen molar-refractivity contribution in [2.75, 3.05) is 56.0 Å². The van der Waals surface area contributed by atoms with Crippen molar-refractivity contribution in [1.29, 1.82) is 0 Å². The molecule has 1 aliphatic rings. The van der Waals surface area contributed by atoms with Crippen LogP contribution in [0, 0.1) is 12.7 Å². The van der Waals surface area contributed by atoms with Gasteiger partial charge in [-0.15, -0.1) is 0 Å². The van der Waals surface area contributed by atoms with E-state index >= 15 is 4.39 Å². The van der Waals surface area contributed by atoms with Gasteiger partial charge in [0.05, 0.1) is 34.9 Å². The number of carbonyl (C=O) groups excluding carboxylic acids is 1. The molecular formula is C29H38F4N8O. The van der Waals surface area contributed by atoms with E-state index in [0.29, 0.717) is 29.6 Å². The summed E-state index contributed by atoms with van der Waals surface area (Å²) in [7, 11) is 5.17. The summed E-state index contributed by atoms with van der Waals surface area (Å²) in [5.74, 6) is 4.01. The summed E-state index contributed by atoms with van der Waals surface area (Å²) < 4.78 is 56.3. The van der Waals surface area contributed by atoms with Crippen LogP contribution in [-0.4, -0.2) is 68.8 Å². The first-order valence-corrected chi connectivity index (χ1v) is 13.3. The number of carbonyl (C=O) groups is 1. The maximum Gasteiger partial charge on any atom is 0.419 e. The Morgan fingerprint density at radius 1 is 1.17 bits per heavy atom. The molecule has 0 bridgehead atoms. The van der Waals surface area contributed by atoms with Gasteiger partial charge in [-0.2, -0.15) is 18.3 Å². The number of nitrogens with one attached hydrogen (secondary N) is 1. The minimum atomic E-state index is -4.99. The maximum atomic E-state index is 15.0. The maximum absolute atomic E-state index is 15.0. The minimum absolute atomic E-state index is 0.0331. The van der Waals surface area contributed by atoms with Gasteiger partial charge in [0, 0.05) is 50.2 Å². The number of amides is 1. The summed E-state index contributed by atoms with van der Waals surface area (Å²) in [6.07, 6.45) is 0.0688. The van der Waals surface area contributed by atoms with E-state index in [9.17, 15) is 18.0 Å². The van der Waals surface area contributed by atoms with Crippen molar-refractivity contribution in [2.24, 2.45) is 16.7 Å². The SMILES string of the molecule is CCN(C)CCN(C)c1cc(C(=O)Nc2ccc(C)c(N(N)/C=C(\N)C3=CC(C)N(C)N=C3)c2)cc(C(F)(F)F)c1F. The lowest BCUT2D eigenvalue weighted by atomic mass is 10.1. The molecular weight excluding hydrogens is 552 g/mol. The van der Waals surface area contributed by atoms with Gasteiger partial charge in [0.1, 0.15) is 0 Å². The van der Waals surface area contributed by atoms with E-state index in [-0.39, 0.29) is 29.5 Å². The molecule has 9 nitrogen and oxygen atoms in total. The predicted molar refractivity (Wildman–Crippen MR) is 160 cm³/mol. The molecule has 42 heavy (non-hydrogen) atoms. The molecule has 5 N–H and O–H groups in total. The van der Waals surface area contributed by atoms with E-state index in [1.807, 2.05) is 38.9 Å². The van der Waals surface area contributed by atoms with Crippen LogP contribution in [0.1, 0.15) is 35.3 Å². The highest BCUT2D eigenvalue weighted by Crippen LogP contribution is 2.36. The zero-order valence-corrected chi connectivity index (χ0v) is 24.6. The first kappa shape index (κ1) is 32.4. The van der Waals surface area contributed by atoms with E-state index in [0.717, 1.165) is 18.2 Å². The lowest BCUT2D eigenvalue weighted by molar-refractivity contribution is -0.139. The molecule has 1 aliphatic heterocycles. The molecule has 0 radical (unpaired) electrons. The molecule has 2 aromatic rings. The summed E-state index contributed by atoms with van der Waals surface area (Å²) >= 11 is 0. The highest BCUT2D eigenvalue weighted by Gasteiger charge is 2.37. The second-order valence-corrected chi connectivity index (χ2v) is 10.3. The molecule has 0 saturated carbocycles. The lowest BCUT2D eigenvalue weighted by Gasteiger charge is -2.25. The molecule has 1 unspecified atom stereocenters. The summed E-state index contributed by atoms with van der Waals surface area (Å²) in [4.78, 5) is 16.5. The molecule has 1 heterocycles. The van der Waals surface area contributed by atoms with Crippen LogP contribution < -0.4 is 26.8 Å². The highest BCUT2D eigenvalue weighted by molar-refractivity contribution is 6.05. The van der Waals surface area contributed by atoms with Crippen molar-refractivity contribution < 1.29 is 22.4 Å². The molecule has 2 aromatic carbocycles. The molecule has 3 rings (SSSR count). The normalized spacial score (nSPS) is 15.6. The van der Waals surface area contributed by atoms with Crippen LogP contribution in [-0.2, 0) is 6.18 Å². The number of allylic oxidation sites excluding steroid dienone is 1. The number of alkyl halides is 3. The van der Waals surface area contributed by atoms with Crippen LogP contribution in [0.25, 0.3) is 0 Å². The minimum Gasteiger partial charge on any atom is -0.397 e. The average Bonchev–Trinajstić information content (AvgIpc) is 2.93. The predicted octanol–water partition coefficient (Wildman–Crippen LogP) is 4.52. The van der Waals surface area contributed by atoms with Gasteiger partial charge in [-0.3, -0.25) is 14.8 Å². The first-order valence-electron chi connectivity index (χ1n) is 13.3. The molecule has 0 fully saturated rings. The van der Waals surface area contributed by atoms with Crippen molar-refractivity contribution in [2.45, 2.75) is 33.0 Å². The first-order chi connectivity index (χ1) is 19.6. The number of likely N-dealkylation sites (N-methyl/N-ethyl adjacent to an activating group) is 3. The standard InChI is InChI=1S/C29H38F4N8O/c1-7-38(4)10-11-39(5)26-14-20(13-23(27(26)30)29(31,32)33)28(42)37-22-9-8-18(2)25(15-22)41(35)17-24(34)21-12-19(3)40(6)36-16-21/h8-9,12-17,19H,7,10-11,34-35H2,1-6H3,(H,37,42)/b24-17-. The number of hydrazone groups is 1. The van der Waals surface area contributed by atoms with Gasteiger partial charge in [-0.05, 0) is 63.3 Å². The zero-order chi connectivity index (χ0) is 31.4. The quantitative estimate of drug-likeness (QED) is 0.212. The number of aryl methyl sites for hydroxylation is 1. The van der Waals surface area contributed by atoms with Crippen molar-refractivity contribution in [1.82, 2.24) is 9.91 Å². The Hall–Kier alpha value is -4.10. The summed E-state index contributed by atoms with van der Waals surface area (Å²) in [5, 5.41) is 9.94. The van der Waals surface area contributed by atoms with Crippen molar-refractivity contribution in [3.8, 4) is 0 Å². The number of nitrogens with zero attached hydrogens (tertiary/aromatic N) is 5. The third-order valence-electron chi connectivity index (χ3n) is 7.14. The number of nitrogens with two attached hydrogens (primary N) is 2. The molecule has 13 heteroatoms. The Morgan fingerprint density at radius 2 is 1.86 bits per heavy atom. The van der Waals surface area contributed by atoms with Crippen LogP contribution in [0.3, 0.4) is 0 Å². The van der Waals surface area contributed by atoms with Gasteiger partial charge in [-0.25, -0.2) is 10.2 Å². The van der Waals surface area contributed by atoms with Gasteiger partial charge in [-0.1, -0.05) is 13.0 Å². The highest BCUT2D eigenvalue weighted by atomic mass is 19.4. The molecule has 1 atom stereocenters. The fraction of sp³-hybridized carbons (Fsp3) is 0.379. The number of benzene rings is 2. The smallest absolute Gasteiger partial charge is 0.397 e. The van der Waals surface area contributed by atoms with E-state index in [1.54, 1.807) is 36.3 Å². The number of halogens is 4. The second-order valence-electron chi connectivity index (χ2n) is 10.3. The fourth-order valence-corrected chi connectivity index (χ4v) is 4.13. The Kier molecular flexibility index (Phi) is 10.2. The molecule has 228 valence electrons. The lowest BCUT2D eigenvalue weighted by Crippen LogP contribution is -2.31. The number of anilines is 3. The van der Waals surface area contributed by atoms with Crippen LogP contribution in [0.2, 0.25) is 0 Å². The monoisotopic (exact) mass is 590 g/mol. The average molecular weight is 591 g/mol. The van der Waals surface area contributed by atoms with Gasteiger partial charge in [0.15, 0.2) is 5.82 Å². The molecule has 0 aliphatic carbocycles. The summed E-state index contributed by atoms with van der Waals surface area (Å²) in [6.45, 7) is 7.16. The van der Waals surface area contributed by atoms with Crippen molar-refractivity contribution >= 4 is 29.2 Å². The van der Waals surface area contributed by atoms with Gasteiger partial charge in [0.2, 0.25) is 0 Å². The number of rotatable bonds is 10. The number of hydrogen-bond acceptors (Lipinski definition) is 8. The Balaban J connectivity index is 1.89.